The van der Waals surface area contributed by atoms with Crippen molar-refractivity contribution in [2.45, 2.75) is 140 Å². The summed E-state index contributed by atoms with van der Waals surface area (Å²) in [6.07, 6.45) is 6.63. The second kappa shape index (κ2) is 17.8. The Balaban J connectivity index is 1.11. The Morgan fingerprint density at radius 2 is 1.14 bits per heavy atom. The number of carbonyl (C=O) groups is 3. The molecule has 16 heteroatoms. The van der Waals surface area contributed by atoms with E-state index in [2.05, 4.69) is 13.8 Å². The van der Waals surface area contributed by atoms with Crippen molar-refractivity contribution in [3.8, 4) is 0 Å². The summed E-state index contributed by atoms with van der Waals surface area (Å²) < 4.78 is 18.1. The summed E-state index contributed by atoms with van der Waals surface area (Å²) in [5.74, 6) is -6.98. The third-order valence-corrected chi connectivity index (χ3v) is 10.7. The smallest absolute Gasteiger partial charge is 0.317 e. The number of hydrogen-bond donors (Lipinski definition) is 2. The molecule has 0 aliphatic heterocycles. The molecular weight excluding hydrogens is 648 g/mol. The first-order valence-electron chi connectivity index (χ1n) is 17.7. The van der Waals surface area contributed by atoms with Gasteiger partial charge in [0, 0.05) is 28.1 Å². The first-order chi connectivity index (χ1) is 23.3. The van der Waals surface area contributed by atoms with Crippen molar-refractivity contribution in [3.05, 3.63) is 20.2 Å². The molecule has 4 saturated carbocycles. The standard InChI is InChI=1S/C33H52N2O14/c1-33(2,18-45-20-9-13-22(14-10-20)48-32(40)29-25(31(38)39)6-4-8-28(29)35(43)44)19-46-21-11-15-23(16-12-21)49-47-17-26-24(30(36)37)5-3-7-27(26)34(41)42/h20-29H,3-19H2,1-2H3,(H,36,37)(H,38,39). The molecule has 0 spiro atoms. The van der Waals surface area contributed by atoms with Gasteiger partial charge in [0.15, 0.2) is 0 Å². The van der Waals surface area contributed by atoms with Gasteiger partial charge in [0.25, 0.3) is 0 Å². The van der Waals surface area contributed by atoms with Crippen LogP contribution in [0.2, 0.25) is 0 Å². The summed E-state index contributed by atoms with van der Waals surface area (Å²) in [5.41, 5.74) is -0.266. The van der Waals surface area contributed by atoms with Crippen LogP contribution in [0.1, 0.15) is 104 Å². The summed E-state index contributed by atoms with van der Waals surface area (Å²) in [6, 6.07) is -2.20. The van der Waals surface area contributed by atoms with Crippen LogP contribution in [0.5, 0.6) is 0 Å². The number of carboxylic acids is 2. The van der Waals surface area contributed by atoms with E-state index < -0.39 is 69.6 Å². The molecule has 0 heterocycles. The number of hydrogen-bond acceptors (Lipinski definition) is 12. The summed E-state index contributed by atoms with van der Waals surface area (Å²) in [5, 5.41) is 42.1. The molecular formula is C33H52N2O14. The number of ether oxygens (including phenoxy) is 3. The number of nitrogens with zero attached hydrogens (tertiary/aromatic N) is 2. The van der Waals surface area contributed by atoms with Gasteiger partial charge in [-0.25, -0.2) is 9.78 Å². The normalized spacial score (nSPS) is 34.1. The maximum atomic E-state index is 12.9. The minimum Gasteiger partial charge on any atom is -0.481 e. The van der Waals surface area contributed by atoms with Gasteiger partial charge in [0.05, 0.1) is 55.9 Å². The molecule has 4 rings (SSSR count). The molecule has 2 N–H and O–H groups in total. The Morgan fingerprint density at radius 3 is 1.65 bits per heavy atom. The molecule has 16 nitrogen and oxygen atoms in total. The zero-order chi connectivity index (χ0) is 35.7. The van der Waals surface area contributed by atoms with Crippen LogP contribution in [0.3, 0.4) is 0 Å². The number of rotatable bonds is 16. The van der Waals surface area contributed by atoms with Crippen LogP contribution in [0.25, 0.3) is 0 Å². The summed E-state index contributed by atoms with van der Waals surface area (Å²) in [4.78, 5) is 69.3. The third-order valence-electron chi connectivity index (χ3n) is 10.7. The maximum absolute atomic E-state index is 12.9. The van der Waals surface area contributed by atoms with E-state index in [0.717, 1.165) is 12.8 Å². The van der Waals surface area contributed by atoms with E-state index in [9.17, 15) is 44.8 Å². The molecule has 4 aliphatic carbocycles. The van der Waals surface area contributed by atoms with Gasteiger partial charge in [-0.2, -0.15) is 0 Å². The fourth-order valence-electron chi connectivity index (χ4n) is 7.85. The van der Waals surface area contributed by atoms with Crippen molar-refractivity contribution < 1.29 is 58.4 Å². The molecule has 0 aromatic rings. The van der Waals surface area contributed by atoms with Crippen molar-refractivity contribution in [3.63, 3.8) is 0 Å². The van der Waals surface area contributed by atoms with Gasteiger partial charge in [0.2, 0.25) is 12.1 Å². The lowest BCUT2D eigenvalue weighted by atomic mass is 9.76. The van der Waals surface area contributed by atoms with E-state index in [-0.39, 0.29) is 43.2 Å². The van der Waals surface area contributed by atoms with Crippen molar-refractivity contribution in [1.82, 2.24) is 0 Å². The predicted molar refractivity (Wildman–Crippen MR) is 169 cm³/mol. The number of carboxylic acid groups (broad SMARTS) is 2. The molecule has 49 heavy (non-hydrogen) atoms. The van der Waals surface area contributed by atoms with Gasteiger partial charge in [-0.15, -0.1) is 0 Å². The van der Waals surface area contributed by atoms with E-state index in [1.165, 1.54) is 0 Å². The Kier molecular flexibility index (Phi) is 14.1. The SMILES string of the molecule is CC(C)(COC1CCC(OOCC2C(C(=O)O)CCCC2[N+](=O)[O-])CC1)COC1CCC(OC(=O)C2C(C(=O)O)CCCC2[N+](=O)[O-])CC1. The lowest BCUT2D eigenvalue weighted by molar-refractivity contribution is -0.541. The van der Waals surface area contributed by atoms with E-state index >= 15 is 0 Å². The number of nitro groups is 2. The molecule has 0 saturated heterocycles. The van der Waals surface area contributed by atoms with Gasteiger partial charge < -0.3 is 24.4 Å². The zero-order valence-electron chi connectivity index (χ0n) is 28.5. The number of aliphatic carboxylic acids is 2. The van der Waals surface area contributed by atoms with Gasteiger partial charge in [-0.05, 0) is 77.0 Å². The first kappa shape index (κ1) is 38.8. The van der Waals surface area contributed by atoms with Crippen molar-refractivity contribution >= 4 is 17.9 Å². The molecule has 4 fully saturated rings. The van der Waals surface area contributed by atoms with Crippen LogP contribution in [0.15, 0.2) is 0 Å². The largest absolute Gasteiger partial charge is 0.481 e. The van der Waals surface area contributed by atoms with Crippen LogP contribution in [-0.2, 0) is 38.4 Å². The van der Waals surface area contributed by atoms with Gasteiger partial charge in [-0.3, -0.25) is 34.6 Å². The van der Waals surface area contributed by atoms with E-state index in [4.69, 9.17) is 24.0 Å². The first-order valence-corrected chi connectivity index (χ1v) is 17.7. The molecule has 6 atom stereocenters. The second-order valence-corrected chi connectivity index (χ2v) is 15.0. The Bertz CT molecular complexity index is 1110. The monoisotopic (exact) mass is 700 g/mol. The molecule has 0 aromatic heterocycles. The maximum Gasteiger partial charge on any atom is 0.317 e. The average molecular weight is 701 g/mol. The van der Waals surface area contributed by atoms with Crippen LogP contribution < -0.4 is 0 Å². The molecule has 4 aliphatic rings. The van der Waals surface area contributed by atoms with Crippen LogP contribution in [0.4, 0.5) is 0 Å². The van der Waals surface area contributed by atoms with E-state index in [0.29, 0.717) is 77.4 Å². The minimum atomic E-state index is -1.28. The lowest BCUT2D eigenvalue weighted by Crippen LogP contribution is -2.47. The molecule has 0 bridgehead atoms. The highest BCUT2D eigenvalue weighted by Crippen LogP contribution is 2.36. The highest BCUT2D eigenvalue weighted by atomic mass is 17.2. The van der Waals surface area contributed by atoms with E-state index in [1.807, 2.05) is 0 Å². The molecule has 0 aromatic carbocycles. The predicted octanol–water partition coefficient (Wildman–Crippen LogP) is 4.45. The van der Waals surface area contributed by atoms with Gasteiger partial charge >= 0.3 is 17.9 Å². The van der Waals surface area contributed by atoms with Crippen LogP contribution >= 0.6 is 0 Å². The average Bonchev–Trinajstić information content (AvgIpc) is 3.07. The second-order valence-electron chi connectivity index (χ2n) is 15.0. The number of esters is 1. The lowest BCUT2D eigenvalue weighted by Gasteiger charge is -2.35. The fraction of sp³-hybridized carbons (Fsp3) is 0.909. The Morgan fingerprint density at radius 1 is 0.673 bits per heavy atom. The van der Waals surface area contributed by atoms with Gasteiger partial charge in [0.1, 0.15) is 12.0 Å². The summed E-state index contributed by atoms with van der Waals surface area (Å²) in [6.45, 7) is 4.94. The third kappa shape index (κ3) is 11.0. The zero-order valence-corrected chi connectivity index (χ0v) is 28.5. The quantitative estimate of drug-likeness (QED) is 0.0982. The summed E-state index contributed by atoms with van der Waals surface area (Å²) >= 11 is 0. The van der Waals surface area contributed by atoms with Crippen LogP contribution in [0, 0.1) is 49.3 Å². The van der Waals surface area contributed by atoms with E-state index in [1.54, 1.807) is 0 Å². The van der Waals surface area contributed by atoms with Crippen molar-refractivity contribution in [2.24, 2.45) is 29.1 Å². The number of carbonyl (C=O) groups excluding carboxylic acids is 1. The summed E-state index contributed by atoms with van der Waals surface area (Å²) in [7, 11) is 0. The Hall–Kier alpha value is -2.95. The van der Waals surface area contributed by atoms with Crippen molar-refractivity contribution in [2.75, 3.05) is 19.8 Å². The minimum absolute atomic E-state index is 0.0326. The Labute approximate surface area is 285 Å². The topological polar surface area (TPSA) is 224 Å². The fourth-order valence-corrected chi connectivity index (χ4v) is 7.85. The van der Waals surface area contributed by atoms with Crippen molar-refractivity contribution in [1.29, 1.82) is 0 Å². The van der Waals surface area contributed by atoms with Gasteiger partial charge in [-0.1, -0.05) is 13.8 Å². The highest BCUT2D eigenvalue weighted by molar-refractivity contribution is 5.82. The highest BCUT2D eigenvalue weighted by Gasteiger charge is 2.50. The molecule has 0 radical (unpaired) electrons. The molecule has 6 unspecified atom stereocenters. The molecule has 0 amide bonds. The molecule has 278 valence electrons. The van der Waals surface area contributed by atoms with Crippen LogP contribution in [-0.4, -0.2) is 94.3 Å².